The van der Waals surface area contributed by atoms with Crippen molar-refractivity contribution in [3.05, 3.63) is 54.2 Å². The maximum atomic E-state index is 12.1. The smallest absolute Gasteiger partial charge is 0.263 e. The number of hydrogen-bond acceptors (Lipinski definition) is 7. The Kier molecular flexibility index (Phi) is 6.03. The molecule has 0 atom stereocenters. The molecule has 1 aliphatic rings. The number of amides is 1. The Morgan fingerprint density at radius 3 is 2.74 bits per heavy atom. The summed E-state index contributed by atoms with van der Waals surface area (Å²) < 4.78 is 26.6. The van der Waals surface area contributed by atoms with Gasteiger partial charge in [-0.15, -0.1) is 5.10 Å². The van der Waals surface area contributed by atoms with Gasteiger partial charge in [-0.05, 0) is 37.1 Å². The van der Waals surface area contributed by atoms with Gasteiger partial charge in [-0.3, -0.25) is 29.9 Å². The van der Waals surface area contributed by atoms with Crippen LogP contribution in [-0.2, 0) is 14.8 Å². The fourth-order valence-corrected chi connectivity index (χ4v) is 4.39. The molecule has 0 saturated heterocycles. The van der Waals surface area contributed by atoms with E-state index in [2.05, 4.69) is 35.2 Å². The normalized spacial score (nSPS) is 15.4. The summed E-state index contributed by atoms with van der Waals surface area (Å²) in [6, 6.07) is 12.2. The van der Waals surface area contributed by atoms with Gasteiger partial charge in [0.15, 0.2) is 5.82 Å². The number of rotatable bonds is 8. The second-order valence-electron chi connectivity index (χ2n) is 6.91. The first kappa shape index (κ1) is 20.7. The summed E-state index contributed by atoms with van der Waals surface area (Å²) >= 11 is 0. The second-order valence-corrected chi connectivity index (χ2v) is 8.56. The van der Waals surface area contributed by atoms with Crippen molar-refractivity contribution in [2.24, 2.45) is 4.99 Å². The number of unbranched alkanes of at least 4 members (excludes halogenated alkanes) is 2. The molecule has 2 aromatic heterocycles. The quantitative estimate of drug-likeness (QED) is 0.459. The lowest BCUT2D eigenvalue weighted by Gasteiger charge is -2.02. The molecule has 160 valence electrons. The number of H-pyrrole nitrogens is 1. The van der Waals surface area contributed by atoms with Gasteiger partial charge in [-0.2, -0.15) is 4.98 Å². The maximum absolute atomic E-state index is 12.1. The Hall–Kier alpha value is -3.60. The number of aliphatic imine (C=N–C) groups is 1. The Labute approximate surface area is 179 Å². The van der Waals surface area contributed by atoms with Crippen molar-refractivity contribution >= 4 is 27.7 Å². The number of sulfonamides is 1. The van der Waals surface area contributed by atoms with E-state index in [-0.39, 0.29) is 16.8 Å². The lowest BCUT2D eigenvalue weighted by molar-refractivity contribution is -0.116. The SMILES string of the molecule is O=C(CCCCCN=C1NS(=O)(=O)c2ccccc21)Nc1n[nH]c(-c2ccccn2)n1. The van der Waals surface area contributed by atoms with Crippen LogP contribution in [0.2, 0.25) is 0 Å². The first-order chi connectivity index (χ1) is 15.0. The molecular weight excluding hydrogens is 418 g/mol. The minimum Gasteiger partial charge on any atom is -0.293 e. The van der Waals surface area contributed by atoms with Crippen LogP contribution in [-0.4, -0.2) is 46.9 Å². The molecule has 0 aliphatic carbocycles. The van der Waals surface area contributed by atoms with Crippen molar-refractivity contribution in [2.45, 2.75) is 30.6 Å². The fourth-order valence-electron chi connectivity index (χ4n) is 3.14. The first-order valence-electron chi connectivity index (χ1n) is 9.83. The molecule has 1 aromatic carbocycles. The topological polar surface area (TPSA) is 142 Å². The highest BCUT2D eigenvalue weighted by Gasteiger charge is 2.29. The Morgan fingerprint density at radius 2 is 1.90 bits per heavy atom. The molecule has 0 saturated carbocycles. The lowest BCUT2D eigenvalue weighted by Crippen LogP contribution is -2.22. The zero-order valence-electron chi connectivity index (χ0n) is 16.6. The average molecular weight is 440 g/mol. The minimum absolute atomic E-state index is 0.171. The highest BCUT2D eigenvalue weighted by atomic mass is 32.2. The molecule has 31 heavy (non-hydrogen) atoms. The Balaban J connectivity index is 1.19. The van der Waals surface area contributed by atoms with Crippen molar-refractivity contribution < 1.29 is 13.2 Å². The third-order valence-electron chi connectivity index (χ3n) is 4.64. The number of anilines is 1. The Bertz CT molecular complexity index is 1210. The van der Waals surface area contributed by atoms with Crippen LogP contribution in [0.1, 0.15) is 31.2 Å². The summed E-state index contributed by atoms with van der Waals surface area (Å²) in [5.41, 5.74) is 1.24. The molecule has 1 aliphatic heterocycles. The predicted octanol–water partition coefficient (Wildman–Crippen LogP) is 2.10. The molecule has 10 nitrogen and oxygen atoms in total. The molecule has 11 heteroatoms. The van der Waals surface area contributed by atoms with Crippen LogP contribution < -0.4 is 10.0 Å². The van der Waals surface area contributed by atoms with E-state index in [1.807, 2.05) is 6.07 Å². The number of pyridine rings is 1. The average Bonchev–Trinajstić information content (AvgIpc) is 3.34. The number of aromatic nitrogens is 4. The van der Waals surface area contributed by atoms with Crippen LogP contribution in [0.15, 0.2) is 58.5 Å². The summed E-state index contributed by atoms with van der Waals surface area (Å²) in [5, 5.41) is 9.40. The van der Waals surface area contributed by atoms with E-state index in [9.17, 15) is 13.2 Å². The fraction of sp³-hybridized carbons (Fsp3) is 0.250. The van der Waals surface area contributed by atoms with Crippen LogP contribution in [0.5, 0.6) is 0 Å². The van der Waals surface area contributed by atoms with Crippen LogP contribution >= 0.6 is 0 Å². The number of carbonyl (C=O) groups is 1. The summed E-state index contributed by atoms with van der Waals surface area (Å²) in [6.45, 7) is 0.474. The molecule has 0 unspecified atom stereocenters. The van der Waals surface area contributed by atoms with Gasteiger partial charge in [-0.1, -0.05) is 24.6 Å². The first-order valence-corrected chi connectivity index (χ1v) is 11.3. The lowest BCUT2D eigenvalue weighted by atomic mass is 10.2. The van der Waals surface area contributed by atoms with Gasteiger partial charge in [0.1, 0.15) is 11.5 Å². The molecule has 0 bridgehead atoms. The number of hydrogen-bond donors (Lipinski definition) is 3. The van der Waals surface area contributed by atoms with Gasteiger partial charge in [0.25, 0.3) is 10.0 Å². The maximum Gasteiger partial charge on any atom is 0.263 e. The third-order valence-corrected chi connectivity index (χ3v) is 6.04. The van der Waals surface area contributed by atoms with Gasteiger partial charge in [-0.25, -0.2) is 8.42 Å². The molecule has 0 fully saturated rings. The Morgan fingerprint density at radius 1 is 1.06 bits per heavy atom. The van der Waals surface area contributed by atoms with E-state index in [1.54, 1.807) is 42.6 Å². The summed E-state index contributed by atoms with van der Waals surface area (Å²) in [7, 11) is -3.51. The largest absolute Gasteiger partial charge is 0.293 e. The number of benzene rings is 1. The zero-order chi connectivity index (χ0) is 21.7. The summed E-state index contributed by atoms with van der Waals surface area (Å²) in [4.78, 5) is 25.1. The van der Waals surface area contributed by atoms with Crippen molar-refractivity contribution in [3.8, 4) is 11.5 Å². The summed E-state index contributed by atoms with van der Waals surface area (Å²) in [5.74, 6) is 0.903. The van der Waals surface area contributed by atoms with E-state index in [0.717, 1.165) is 12.8 Å². The third kappa shape index (κ3) is 4.94. The van der Waals surface area contributed by atoms with E-state index < -0.39 is 10.0 Å². The standard InChI is InChI=1S/C20H21N7O3S/c28-17(23-20-24-19(25-26-20)15-9-5-7-12-21-15)11-2-1-6-13-22-18-14-8-3-4-10-16(14)31(29,30)27-18/h3-5,7-10,12H,1-2,6,11,13H2,(H,22,27)(H2,23,24,25,26,28). The minimum atomic E-state index is -3.51. The van der Waals surface area contributed by atoms with Gasteiger partial charge in [0, 0.05) is 24.7 Å². The highest BCUT2D eigenvalue weighted by Crippen LogP contribution is 2.22. The molecule has 1 amide bonds. The van der Waals surface area contributed by atoms with Gasteiger partial charge in [0.05, 0.1) is 4.90 Å². The predicted molar refractivity (Wildman–Crippen MR) is 115 cm³/mol. The van der Waals surface area contributed by atoms with E-state index in [0.29, 0.717) is 42.3 Å². The van der Waals surface area contributed by atoms with Crippen LogP contribution in [0.3, 0.4) is 0 Å². The van der Waals surface area contributed by atoms with Gasteiger partial charge >= 0.3 is 0 Å². The van der Waals surface area contributed by atoms with Crippen molar-refractivity contribution in [3.63, 3.8) is 0 Å². The van der Waals surface area contributed by atoms with E-state index >= 15 is 0 Å². The van der Waals surface area contributed by atoms with Crippen LogP contribution in [0, 0.1) is 0 Å². The number of nitrogens with one attached hydrogen (secondary N) is 3. The monoisotopic (exact) mass is 439 g/mol. The van der Waals surface area contributed by atoms with Crippen molar-refractivity contribution in [2.75, 3.05) is 11.9 Å². The number of aromatic amines is 1. The zero-order valence-corrected chi connectivity index (χ0v) is 17.4. The summed E-state index contributed by atoms with van der Waals surface area (Å²) in [6.07, 6.45) is 4.19. The molecule has 3 aromatic rings. The van der Waals surface area contributed by atoms with Crippen LogP contribution in [0.4, 0.5) is 5.95 Å². The van der Waals surface area contributed by atoms with Crippen molar-refractivity contribution in [1.29, 1.82) is 0 Å². The molecule has 3 N–H and O–H groups in total. The number of fused-ring (bicyclic) bond motifs is 1. The molecule has 4 rings (SSSR count). The number of amidine groups is 1. The highest BCUT2D eigenvalue weighted by molar-refractivity contribution is 7.90. The molecule has 0 spiro atoms. The van der Waals surface area contributed by atoms with Crippen LogP contribution in [0.25, 0.3) is 11.5 Å². The van der Waals surface area contributed by atoms with Gasteiger partial charge in [0.2, 0.25) is 11.9 Å². The van der Waals surface area contributed by atoms with E-state index in [1.165, 1.54) is 0 Å². The second kappa shape index (κ2) is 9.04. The number of carbonyl (C=O) groups excluding carboxylic acids is 1. The van der Waals surface area contributed by atoms with Gasteiger partial charge < -0.3 is 0 Å². The van der Waals surface area contributed by atoms with Crippen molar-refractivity contribution in [1.82, 2.24) is 24.9 Å². The molecule has 3 heterocycles. The molecule has 0 radical (unpaired) electrons. The molecular formula is C20H21N7O3S. The number of nitrogens with zero attached hydrogens (tertiary/aromatic N) is 4. The van der Waals surface area contributed by atoms with E-state index in [4.69, 9.17) is 0 Å².